The van der Waals surface area contributed by atoms with Gasteiger partial charge in [-0.1, -0.05) is 5.16 Å². The molecule has 2 aromatic heterocycles. The molecule has 158 valence electrons. The topological polar surface area (TPSA) is 120 Å². The number of hydrogen-bond donors (Lipinski definition) is 2. The highest BCUT2D eigenvalue weighted by Gasteiger charge is 2.33. The standard InChI is InChI=1S/C21H19FN6O3/c22-17-2-1-15(6-13(17)7-23)24-21(30)27-4-3-18-16(9-27)20-19-14(11-31-26-19)5-12(10-29)8-28(20)25-18/h1-2,6,11-12,29H,3-5,8-10H2,(H,24,30). The number of carbonyl (C=O) groups is 1. The average molecular weight is 422 g/mol. The molecule has 0 aliphatic carbocycles. The second-order valence-electron chi connectivity index (χ2n) is 7.81. The molecule has 2 amide bonds. The zero-order chi connectivity index (χ0) is 21.5. The van der Waals surface area contributed by atoms with E-state index in [1.54, 1.807) is 17.2 Å². The van der Waals surface area contributed by atoms with Gasteiger partial charge in [-0.2, -0.15) is 10.4 Å². The monoisotopic (exact) mass is 422 g/mol. The highest BCUT2D eigenvalue weighted by Crippen LogP contribution is 2.35. The molecule has 5 rings (SSSR count). The van der Waals surface area contributed by atoms with Gasteiger partial charge in [0.2, 0.25) is 0 Å². The first-order chi connectivity index (χ1) is 15.1. The lowest BCUT2D eigenvalue weighted by Gasteiger charge is -2.27. The summed E-state index contributed by atoms with van der Waals surface area (Å²) in [5.74, 6) is -0.622. The van der Waals surface area contributed by atoms with Crippen molar-refractivity contribution in [2.75, 3.05) is 18.5 Å². The van der Waals surface area contributed by atoms with Gasteiger partial charge in [0, 0.05) is 48.8 Å². The van der Waals surface area contributed by atoms with Gasteiger partial charge in [0.25, 0.3) is 0 Å². The number of hydrogen-bond acceptors (Lipinski definition) is 6. The number of rotatable bonds is 2. The Morgan fingerprint density at radius 2 is 2.32 bits per heavy atom. The fourth-order valence-corrected chi connectivity index (χ4v) is 4.23. The number of nitriles is 1. The van der Waals surface area contributed by atoms with E-state index in [0.717, 1.165) is 28.6 Å². The summed E-state index contributed by atoms with van der Waals surface area (Å²) in [5, 5.41) is 30.3. The first kappa shape index (κ1) is 19.3. The van der Waals surface area contributed by atoms with Crippen LogP contribution in [0, 0.1) is 23.1 Å². The highest BCUT2D eigenvalue weighted by molar-refractivity contribution is 5.89. The van der Waals surface area contributed by atoms with Crippen molar-refractivity contribution in [1.29, 1.82) is 5.26 Å². The number of amides is 2. The molecule has 3 aromatic rings. The third-order valence-corrected chi connectivity index (χ3v) is 5.79. The molecule has 0 saturated carbocycles. The van der Waals surface area contributed by atoms with Gasteiger partial charge in [-0.05, 0) is 24.6 Å². The number of benzene rings is 1. The molecule has 31 heavy (non-hydrogen) atoms. The third-order valence-electron chi connectivity index (χ3n) is 5.79. The van der Waals surface area contributed by atoms with Gasteiger partial charge in [-0.15, -0.1) is 0 Å². The number of fused-ring (bicyclic) bond motifs is 5. The van der Waals surface area contributed by atoms with Gasteiger partial charge in [0.15, 0.2) is 0 Å². The quantitative estimate of drug-likeness (QED) is 0.654. The first-order valence-corrected chi connectivity index (χ1v) is 9.96. The number of nitrogens with zero attached hydrogens (tertiary/aromatic N) is 5. The van der Waals surface area contributed by atoms with Gasteiger partial charge in [-0.3, -0.25) is 4.68 Å². The van der Waals surface area contributed by atoms with Crippen molar-refractivity contribution in [3.63, 3.8) is 0 Å². The number of aromatic nitrogens is 3. The second kappa shape index (κ2) is 7.52. The zero-order valence-electron chi connectivity index (χ0n) is 16.5. The lowest BCUT2D eigenvalue weighted by molar-refractivity contribution is 0.205. The summed E-state index contributed by atoms with van der Waals surface area (Å²) in [4.78, 5) is 14.5. The molecule has 2 aliphatic rings. The van der Waals surface area contributed by atoms with Crippen LogP contribution in [-0.2, 0) is 25.9 Å². The highest BCUT2D eigenvalue weighted by atomic mass is 19.1. The second-order valence-corrected chi connectivity index (χ2v) is 7.81. The van der Waals surface area contributed by atoms with E-state index in [-0.39, 0.29) is 24.1 Å². The van der Waals surface area contributed by atoms with Crippen LogP contribution in [0.4, 0.5) is 14.9 Å². The Labute approximate surface area is 176 Å². The Morgan fingerprint density at radius 1 is 1.45 bits per heavy atom. The summed E-state index contributed by atoms with van der Waals surface area (Å²) in [6, 6.07) is 5.31. The molecule has 0 radical (unpaired) electrons. The molecule has 1 aromatic carbocycles. The number of aliphatic hydroxyl groups excluding tert-OH is 1. The fourth-order valence-electron chi connectivity index (χ4n) is 4.23. The summed E-state index contributed by atoms with van der Waals surface area (Å²) in [7, 11) is 0. The van der Waals surface area contributed by atoms with Crippen LogP contribution < -0.4 is 5.32 Å². The molecule has 0 fully saturated rings. The van der Waals surface area contributed by atoms with E-state index in [2.05, 4.69) is 10.5 Å². The SMILES string of the molecule is N#Cc1cc(NC(=O)N2CCc3nn4c(c3C2)-c2nocc2CC(CO)C4)ccc1F. The van der Waals surface area contributed by atoms with E-state index in [4.69, 9.17) is 14.9 Å². The van der Waals surface area contributed by atoms with E-state index in [1.807, 2.05) is 4.68 Å². The minimum absolute atomic E-state index is 0.00737. The molecule has 0 saturated heterocycles. The normalized spacial score (nSPS) is 17.2. The van der Waals surface area contributed by atoms with Gasteiger partial charge < -0.3 is 19.8 Å². The van der Waals surface area contributed by atoms with Gasteiger partial charge in [0.05, 0.1) is 23.5 Å². The minimum Gasteiger partial charge on any atom is -0.396 e. The van der Waals surface area contributed by atoms with Crippen molar-refractivity contribution in [1.82, 2.24) is 19.8 Å². The third kappa shape index (κ3) is 3.33. The Morgan fingerprint density at radius 3 is 3.13 bits per heavy atom. The maximum atomic E-state index is 13.5. The fraction of sp³-hybridized carbons (Fsp3) is 0.333. The van der Waals surface area contributed by atoms with Crippen LogP contribution >= 0.6 is 0 Å². The summed E-state index contributed by atoms with van der Waals surface area (Å²) in [6.07, 6.45) is 2.82. The van der Waals surface area contributed by atoms with Crippen molar-refractivity contribution >= 4 is 11.7 Å². The van der Waals surface area contributed by atoms with E-state index >= 15 is 0 Å². The molecule has 0 bridgehead atoms. The first-order valence-electron chi connectivity index (χ1n) is 9.96. The number of urea groups is 1. The number of halogens is 1. The summed E-state index contributed by atoms with van der Waals surface area (Å²) in [5.41, 5.74) is 4.47. The van der Waals surface area contributed by atoms with Gasteiger partial charge in [0.1, 0.15) is 23.8 Å². The number of aliphatic hydroxyl groups is 1. The minimum atomic E-state index is -0.629. The predicted octanol–water partition coefficient (Wildman–Crippen LogP) is 2.30. The molecule has 2 aliphatic heterocycles. The van der Waals surface area contributed by atoms with Crippen LogP contribution in [0.2, 0.25) is 0 Å². The maximum Gasteiger partial charge on any atom is 0.322 e. The van der Waals surface area contributed by atoms with Crippen LogP contribution in [0.25, 0.3) is 11.4 Å². The molecule has 2 N–H and O–H groups in total. The number of nitrogens with one attached hydrogen (secondary N) is 1. The molecule has 4 heterocycles. The summed E-state index contributed by atoms with van der Waals surface area (Å²) < 4.78 is 20.6. The molecule has 10 heteroatoms. The average Bonchev–Trinajstić information content (AvgIpc) is 3.33. The van der Waals surface area contributed by atoms with Crippen molar-refractivity contribution in [2.24, 2.45) is 5.92 Å². The molecule has 9 nitrogen and oxygen atoms in total. The smallest absolute Gasteiger partial charge is 0.322 e. The van der Waals surface area contributed by atoms with Crippen LogP contribution in [0.1, 0.15) is 22.4 Å². The lowest BCUT2D eigenvalue weighted by atomic mass is 9.99. The van der Waals surface area contributed by atoms with Crippen molar-refractivity contribution in [2.45, 2.75) is 25.9 Å². The summed E-state index contributed by atoms with van der Waals surface area (Å²) in [6.45, 7) is 1.40. The Bertz CT molecular complexity index is 1210. The van der Waals surface area contributed by atoms with Crippen LogP contribution in [0.15, 0.2) is 29.0 Å². The van der Waals surface area contributed by atoms with Crippen LogP contribution in [-0.4, -0.2) is 44.1 Å². The van der Waals surface area contributed by atoms with Crippen LogP contribution in [0.5, 0.6) is 0 Å². The lowest BCUT2D eigenvalue weighted by Crippen LogP contribution is -2.38. The largest absolute Gasteiger partial charge is 0.396 e. The maximum absolute atomic E-state index is 13.5. The van der Waals surface area contributed by atoms with Crippen molar-refractivity contribution in [3.05, 3.63) is 52.7 Å². The Hall–Kier alpha value is -3.71. The van der Waals surface area contributed by atoms with Crippen LogP contribution in [0.3, 0.4) is 0 Å². The van der Waals surface area contributed by atoms with Gasteiger partial charge in [-0.25, -0.2) is 9.18 Å². The molecule has 1 atom stereocenters. The van der Waals surface area contributed by atoms with Crippen molar-refractivity contribution in [3.8, 4) is 17.5 Å². The van der Waals surface area contributed by atoms with E-state index < -0.39 is 5.82 Å². The molecule has 0 spiro atoms. The zero-order valence-corrected chi connectivity index (χ0v) is 16.5. The summed E-state index contributed by atoms with van der Waals surface area (Å²) >= 11 is 0. The van der Waals surface area contributed by atoms with E-state index in [1.165, 1.54) is 12.1 Å². The molecular formula is C21H19FN6O3. The number of anilines is 1. The number of carbonyl (C=O) groups excluding carboxylic acids is 1. The Balaban J connectivity index is 1.43. The van der Waals surface area contributed by atoms with E-state index in [9.17, 15) is 14.3 Å². The predicted molar refractivity (Wildman–Crippen MR) is 106 cm³/mol. The molecule has 1 unspecified atom stereocenters. The van der Waals surface area contributed by atoms with E-state index in [0.29, 0.717) is 43.9 Å². The molecular weight excluding hydrogens is 403 g/mol. The van der Waals surface area contributed by atoms with Crippen molar-refractivity contribution < 1.29 is 18.8 Å². The Kier molecular flexibility index (Phi) is 4.67. The van der Waals surface area contributed by atoms with Gasteiger partial charge >= 0.3 is 6.03 Å².